The highest BCUT2D eigenvalue weighted by Crippen LogP contribution is 2.12. The molecule has 0 amide bonds. The minimum Gasteiger partial charge on any atom is -0.376 e. The van der Waals surface area contributed by atoms with Gasteiger partial charge in [0.15, 0.2) is 0 Å². The summed E-state index contributed by atoms with van der Waals surface area (Å²) in [6.45, 7) is 3.86. The van der Waals surface area contributed by atoms with Crippen LogP contribution in [0.5, 0.6) is 0 Å². The van der Waals surface area contributed by atoms with E-state index in [0.717, 1.165) is 30.8 Å². The molecule has 82 valence electrons. The van der Waals surface area contributed by atoms with E-state index in [-0.39, 0.29) is 0 Å². The van der Waals surface area contributed by atoms with Crippen molar-refractivity contribution in [2.45, 2.75) is 13.0 Å². The van der Waals surface area contributed by atoms with Gasteiger partial charge in [0.05, 0.1) is 13.2 Å². The van der Waals surface area contributed by atoms with Crippen molar-refractivity contribution in [1.82, 2.24) is 5.32 Å². The Hall–Kier alpha value is -0.380. The third-order valence-electron chi connectivity index (χ3n) is 2.70. The van der Waals surface area contributed by atoms with Gasteiger partial charge in [-0.2, -0.15) is 0 Å². The second kappa shape index (κ2) is 5.64. The Labute approximate surface area is 99.1 Å². The summed E-state index contributed by atoms with van der Waals surface area (Å²) in [5.74, 6) is 0.709. The van der Waals surface area contributed by atoms with E-state index in [9.17, 15) is 0 Å². The second-order valence-corrected chi connectivity index (χ2v) is 4.92. The fraction of sp³-hybridized carbons (Fsp3) is 0.500. The van der Waals surface area contributed by atoms with E-state index in [2.05, 4.69) is 45.5 Å². The standard InChI is InChI=1S/C12H16BrNO/c13-12-3-1-10(2-4-12)8-15-9-11-5-6-14-7-11/h1-4,11,14H,5-9H2. The normalized spacial score (nSPS) is 20.7. The van der Waals surface area contributed by atoms with E-state index >= 15 is 0 Å². The van der Waals surface area contributed by atoms with Crippen LogP contribution in [0.3, 0.4) is 0 Å². The maximum Gasteiger partial charge on any atom is 0.0717 e. The lowest BCUT2D eigenvalue weighted by Crippen LogP contribution is -2.13. The van der Waals surface area contributed by atoms with Gasteiger partial charge in [-0.05, 0) is 36.6 Å². The van der Waals surface area contributed by atoms with E-state index in [1.54, 1.807) is 0 Å². The third kappa shape index (κ3) is 3.59. The lowest BCUT2D eigenvalue weighted by Gasteiger charge is -2.09. The molecule has 1 unspecified atom stereocenters. The zero-order valence-electron chi connectivity index (χ0n) is 8.71. The zero-order valence-corrected chi connectivity index (χ0v) is 10.3. The molecule has 1 aromatic carbocycles. The number of hydrogen-bond donors (Lipinski definition) is 1. The lowest BCUT2D eigenvalue weighted by atomic mass is 10.1. The van der Waals surface area contributed by atoms with Gasteiger partial charge >= 0.3 is 0 Å². The molecule has 0 bridgehead atoms. The summed E-state index contributed by atoms with van der Waals surface area (Å²) in [5.41, 5.74) is 1.24. The SMILES string of the molecule is Brc1ccc(COCC2CCNC2)cc1. The molecule has 0 radical (unpaired) electrons. The fourth-order valence-electron chi connectivity index (χ4n) is 1.78. The highest BCUT2D eigenvalue weighted by atomic mass is 79.9. The average Bonchev–Trinajstić information content (AvgIpc) is 2.74. The molecule has 0 spiro atoms. The summed E-state index contributed by atoms with van der Waals surface area (Å²) < 4.78 is 6.81. The Balaban J connectivity index is 1.71. The second-order valence-electron chi connectivity index (χ2n) is 4.00. The van der Waals surface area contributed by atoms with Crippen molar-refractivity contribution in [2.24, 2.45) is 5.92 Å². The molecule has 1 heterocycles. The van der Waals surface area contributed by atoms with Crippen LogP contribution in [-0.2, 0) is 11.3 Å². The van der Waals surface area contributed by atoms with Crippen molar-refractivity contribution in [2.75, 3.05) is 19.7 Å². The monoisotopic (exact) mass is 269 g/mol. The van der Waals surface area contributed by atoms with Gasteiger partial charge in [0.2, 0.25) is 0 Å². The molecule has 0 aromatic heterocycles. The molecule has 0 saturated carbocycles. The van der Waals surface area contributed by atoms with Gasteiger partial charge in [0.25, 0.3) is 0 Å². The van der Waals surface area contributed by atoms with Crippen LogP contribution in [0.25, 0.3) is 0 Å². The maximum atomic E-state index is 5.69. The minimum atomic E-state index is 0.709. The number of benzene rings is 1. The molecule has 1 fully saturated rings. The summed E-state index contributed by atoms with van der Waals surface area (Å²) >= 11 is 3.42. The summed E-state index contributed by atoms with van der Waals surface area (Å²) in [7, 11) is 0. The zero-order chi connectivity index (χ0) is 10.5. The van der Waals surface area contributed by atoms with Crippen molar-refractivity contribution < 1.29 is 4.74 Å². The topological polar surface area (TPSA) is 21.3 Å². The van der Waals surface area contributed by atoms with Gasteiger partial charge < -0.3 is 10.1 Å². The van der Waals surface area contributed by atoms with Crippen molar-refractivity contribution in [1.29, 1.82) is 0 Å². The Morgan fingerprint density at radius 2 is 2.13 bits per heavy atom. The Kier molecular flexibility index (Phi) is 4.18. The molecule has 2 nitrogen and oxygen atoms in total. The first-order valence-corrected chi connectivity index (χ1v) is 6.17. The summed E-state index contributed by atoms with van der Waals surface area (Å²) in [6, 6.07) is 8.29. The van der Waals surface area contributed by atoms with Crippen molar-refractivity contribution >= 4 is 15.9 Å². The average molecular weight is 270 g/mol. The van der Waals surface area contributed by atoms with Gasteiger partial charge in [0.1, 0.15) is 0 Å². The van der Waals surface area contributed by atoms with Crippen LogP contribution < -0.4 is 5.32 Å². The predicted octanol–water partition coefficient (Wildman–Crippen LogP) is 2.58. The number of halogens is 1. The van der Waals surface area contributed by atoms with Crippen molar-refractivity contribution in [3.63, 3.8) is 0 Å². The quantitative estimate of drug-likeness (QED) is 0.908. The number of nitrogens with one attached hydrogen (secondary N) is 1. The number of hydrogen-bond acceptors (Lipinski definition) is 2. The fourth-order valence-corrected chi connectivity index (χ4v) is 2.05. The van der Waals surface area contributed by atoms with E-state index in [1.807, 2.05) is 0 Å². The van der Waals surface area contributed by atoms with Crippen molar-refractivity contribution in [3.8, 4) is 0 Å². The summed E-state index contributed by atoms with van der Waals surface area (Å²) in [5, 5.41) is 3.34. The summed E-state index contributed by atoms with van der Waals surface area (Å²) in [4.78, 5) is 0. The van der Waals surface area contributed by atoms with Crippen LogP contribution in [0.15, 0.2) is 28.7 Å². The van der Waals surface area contributed by atoms with Gasteiger partial charge in [0, 0.05) is 11.0 Å². The molecule has 3 heteroatoms. The van der Waals surface area contributed by atoms with Crippen LogP contribution in [0.4, 0.5) is 0 Å². The van der Waals surface area contributed by atoms with Crippen LogP contribution in [0, 0.1) is 5.92 Å². The van der Waals surface area contributed by atoms with Gasteiger partial charge in [-0.15, -0.1) is 0 Å². The minimum absolute atomic E-state index is 0.709. The highest BCUT2D eigenvalue weighted by Gasteiger charge is 2.13. The van der Waals surface area contributed by atoms with Gasteiger partial charge in [-0.1, -0.05) is 28.1 Å². The molecular weight excluding hydrogens is 254 g/mol. The first-order chi connectivity index (χ1) is 7.34. The first-order valence-electron chi connectivity index (χ1n) is 5.37. The maximum absolute atomic E-state index is 5.69. The number of ether oxygens (including phenoxy) is 1. The highest BCUT2D eigenvalue weighted by molar-refractivity contribution is 9.10. The molecule has 1 atom stereocenters. The molecule has 1 aliphatic rings. The molecule has 1 aliphatic heterocycles. The first kappa shape index (κ1) is 11.1. The summed E-state index contributed by atoms with van der Waals surface area (Å²) in [6.07, 6.45) is 1.25. The molecule has 1 aromatic rings. The third-order valence-corrected chi connectivity index (χ3v) is 3.23. The van der Waals surface area contributed by atoms with E-state index in [4.69, 9.17) is 4.74 Å². The Morgan fingerprint density at radius 1 is 1.33 bits per heavy atom. The van der Waals surface area contributed by atoms with Gasteiger partial charge in [-0.3, -0.25) is 0 Å². The van der Waals surface area contributed by atoms with Crippen LogP contribution >= 0.6 is 15.9 Å². The Morgan fingerprint density at radius 3 is 2.80 bits per heavy atom. The van der Waals surface area contributed by atoms with Crippen LogP contribution in [0.1, 0.15) is 12.0 Å². The predicted molar refractivity (Wildman–Crippen MR) is 64.8 cm³/mol. The largest absolute Gasteiger partial charge is 0.376 e. The molecule has 0 aliphatic carbocycles. The molecule has 2 rings (SSSR count). The smallest absolute Gasteiger partial charge is 0.0717 e. The number of rotatable bonds is 4. The lowest BCUT2D eigenvalue weighted by molar-refractivity contribution is 0.0925. The molecular formula is C12H16BrNO. The van der Waals surface area contributed by atoms with E-state index < -0.39 is 0 Å². The van der Waals surface area contributed by atoms with E-state index in [0.29, 0.717) is 5.92 Å². The van der Waals surface area contributed by atoms with Crippen LogP contribution in [0.2, 0.25) is 0 Å². The molecule has 1 saturated heterocycles. The molecule has 15 heavy (non-hydrogen) atoms. The van der Waals surface area contributed by atoms with Crippen LogP contribution in [-0.4, -0.2) is 19.7 Å². The van der Waals surface area contributed by atoms with Crippen molar-refractivity contribution in [3.05, 3.63) is 34.3 Å². The molecule has 1 N–H and O–H groups in total. The Bertz CT molecular complexity index is 293. The van der Waals surface area contributed by atoms with E-state index in [1.165, 1.54) is 12.0 Å². The van der Waals surface area contributed by atoms with Gasteiger partial charge in [-0.25, -0.2) is 0 Å².